The van der Waals surface area contributed by atoms with E-state index >= 15 is 0 Å². The number of rotatable bonds is 57. The fourth-order valence-corrected chi connectivity index (χ4v) is 11.7. The largest absolute Gasteiger partial charge is 0.472 e. The molecule has 0 saturated carbocycles. The minimum Gasteiger partial charge on any atom is -0.396 e. The Kier molecular flexibility index (Phi) is 42.3. The van der Waals surface area contributed by atoms with Crippen molar-refractivity contribution in [3.05, 3.63) is 0 Å². The Morgan fingerprint density at radius 2 is 0.357 bits per heavy atom. The van der Waals surface area contributed by atoms with Crippen LogP contribution in [-0.4, -0.2) is 209 Å². The Hall–Kier alpha value is 1.17. The number of aliphatic hydroxyl groups excluding tert-OH is 1. The van der Waals surface area contributed by atoms with E-state index in [0.29, 0.717) is 6.42 Å². The molecule has 0 aliphatic carbocycles. The molecule has 0 heterocycles. The van der Waals surface area contributed by atoms with Gasteiger partial charge in [0.25, 0.3) is 0 Å². The van der Waals surface area contributed by atoms with Crippen LogP contribution in [0.1, 0.15) is 26.7 Å². The highest BCUT2D eigenvalue weighted by atomic mass is 31.2. The quantitative estimate of drug-likeness (QED) is 0.0307. The molecule has 45 nitrogen and oxygen atoms in total. The van der Waals surface area contributed by atoms with E-state index in [1.165, 1.54) is 0 Å². The fourth-order valence-electron chi connectivity index (χ4n) is 4.31. The highest BCUT2D eigenvalue weighted by molar-refractivity contribution is 7.50. The monoisotopic (exact) mass is 1470 g/mol. The lowest BCUT2D eigenvalue weighted by Crippen LogP contribution is -2.15. The molecule has 56 heteroatoms. The van der Waals surface area contributed by atoms with Gasteiger partial charge in [0.1, 0.15) is 0 Å². The van der Waals surface area contributed by atoms with E-state index in [2.05, 4.69) is 95.0 Å². The third-order valence-corrected chi connectivity index (χ3v) is 18.8. The topological polar surface area (TPSA) is 645 Å². The molecule has 0 saturated heterocycles. The Balaban J connectivity index is 4.27. The van der Waals surface area contributed by atoms with E-state index in [0.717, 1.165) is 0 Å². The number of phosphoric ester groups is 11. The summed E-state index contributed by atoms with van der Waals surface area (Å²) in [4.78, 5) is 114. The highest BCUT2D eigenvalue weighted by Gasteiger charge is 2.32. The smallest absolute Gasteiger partial charge is 0.396 e. The Morgan fingerprint density at radius 3 is 0.488 bits per heavy atom. The fraction of sp³-hybridized carbons (Fsp3) is 1.00. The van der Waals surface area contributed by atoms with Crippen LogP contribution >= 0.6 is 86.0 Å². The number of phosphoric acid groups is 11. The van der Waals surface area contributed by atoms with Gasteiger partial charge >= 0.3 is 86.0 Å². The summed E-state index contributed by atoms with van der Waals surface area (Å²) in [6.45, 7) is -14.1. The van der Waals surface area contributed by atoms with Crippen molar-refractivity contribution in [2.75, 3.05) is 145 Å². The molecule has 84 heavy (non-hydrogen) atoms. The van der Waals surface area contributed by atoms with Crippen LogP contribution in [0.3, 0.4) is 0 Å². The van der Waals surface area contributed by atoms with E-state index in [4.69, 9.17) is 14.9 Å². The van der Waals surface area contributed by atoms with Crippen LogP contribution in [0.25, 0.3) is 0 Å². The summed E-state index contributed by atoms with van der Waals surface area (Å²) in [5.74, 6) is -1.16. The maximum absolute atomic E-state index is 12.0. The molecule has 13 N–H and O–H groups in total. The lowest BCUT2D eigenvalue weighted by molar-refractivity contribution is 0.0698. The van der Waals surface area contributed by atoms with Crippen LogP contribution in [0, 0.1) is 11.8 Å². The van der Waals surface area contributed by atoms with Crippen LogP contribution in [0.4, 0.5) is 0 Å². The second-order valence-electron chi connectivity index (χ2n) is 14.8. The van der Waals surface area contributed by atoms with Gasteiger partial charge in [-0.1, -0.05) is 13.8 Å². The lowest BCUT2D eigenvalue weighted by atomic mass is 10.1. The summed E-state index contributed by atoms with van der Waals surface area (Å²) < 4.78 is 225. The predicted octanol–water partition coefficient (Wildman–Crippen LogP) is 2.48. The average Bonchev–Trinajstić information content (AvgIpc) is 3.39. The van der Waals surface area contributed by atoms with E-state index in [9.17, 15) is 99.1 Å². The van der Waals surface area contributed by atoms with E-state index < -0.39 is 230 Å². The third-order valence-electron chi connectivity index (χ3n) is 8.17. The minimum absolute atomic E-state index is 0.218. The molecule has 0 aliphatic heterocycles. The molecular weight excluding hydrogens is 1400 g/mol. The van der Waals surface area contributed by atoms with Gasteiger partial charge in [0.2, 0.25) is 0 Å². The molecule has 0 aromatic carbocycles. The van der Waals surface area contributed by atoms with Gasteiger partial charge in [0.15, 0.2) is 0 Å². The zero-order valence-electron chi connectivity index (χ0n) is 43.9. The van der Waals surface area contributed by atoms with Crippen molar-refractivity contribution in [3.8, 4) is 0 Å². The van der Waals surface area contributed by atoms with Crippen LogP contribution in [0.2, 0.25) is 0 Å². The minimum atomic E-state index is -4.99. The van der Waals surface area contributed by atoms with Crippen molar-refractivity contribution in [3.63, 3.8) is 0 Å². The van der Waals surface area contributed by atoms with Crippen LogP contribution in [-0.2, 0) is 145 Å². The first-order chi connectivity index (χ1) is 38.5. The summed E-state index contributed by atoms with van der Waals surface area (Å²) in [6.07, 6.45) is 0.652. The molecule has 12 unspecified atom stereocenters. The molecule has 0 aromatic heterocycles. The molecule has 0 aliphatic rings. The first-order valence-electron chi connectivity index (χ1n) is 23.0. The molecule has 0 rings (SSSR count). The molecule has 0 amide bonds. The molecule has 0 fully saturated rings. The SMILES string of the molecule is CCC(CO)COP(=O)(O)OCCOP(=O)(O)OCCOP(=O)(O)OCCOP(=O)(O)OCCOP(=O)(O)OCCOP(=O)(O)OCCOP(=O)(O)OCCOP(=O)(O)OCCOP(=O)(O)OCCOP(=O)(O)OCC(CC)COP(=O)(O)O. The molecule has 0 radical (unpaired) electrons. The van der Waals surface area contributed by atoms with Gasteiger partial charge < -0.3 is 63.8 Å². The maximum atomic E-state index is 12.0. The standard InChI is InChI=1S/C28H69O45P11/c1-3-27(23-29)24-72-83(49,50)69-21-19-67-81(45,46)65-17-15-63-79(41,42)61-13-11-59-77(37,38)57-9-7-55-75(33,34)53-5-6-54-76(35,36)56-8-10-58-78(39,40)60-12-14-62-80(43,44)64-16-18-66-82(47,48)68-20-22-70-84(51,52)73-26-28(4-2)25-71-74(30,31)32/h27-29H,3-26H2,1-2H3,(H,33,34)(H,35,36)(H,37,38)(H,39,40)(H,41,42)(H,43,44)(H,45,46)(H,47,48)(H,49,50)(H,51,52)(H2,30,31,32). The Morgan fingerprint density at radius 1 is 0.226 bits per heavy atom. The van der Waals surface area contributed by atoms with Crippen molar-refractivity contribution >= 4 is 86.0 Å². The Bertz CT molecular complexity index is 2400. The van der Waals surface area contributed by atoms with Gasteiger partial charge in [0.05, 0.1) is 139 Å². The number of aliphatic hydroxyl groups is 1. The van der Waals surface area contributed by atoms with Crippen molar-refractivity contribution in [2.24, 2.45) is 11.8 Å². The van der Waals surface area contributed by atoms with Gasteiger partial charge in [-0.2, -0.15) is 0 Å². The second kappa shape index (κ2) is 41.7. The first kappa shape index (κ1) is 85.2. The maximum Gasteiger partial charge on any atom is 0.472 e. The zero-order valence-corrected chi connectivity index (χ0v) is 53.8. The molecule has 506 valence electrons. The van der Waals surface area contributed by atoms with Gasteiger partial charge in [-0.05, 0) is 12.8 Å². The van der Waals surface area contributed by atoms with Crippen LogP contribution < -0.4 is 0 Å². The van der Waals surface area contributed by atoms with Crippen LogP contribution in [0.5, 0.6) is 0 Å². The molecule has 12 atom stereocenters. The molecule has 0 spiro atoms. The summed E-state index contributed by atoms with van der Waals surface area (Å²) in [7, 11) is -53.7. The van der Waals surface area contributed by atoms with Crippen molar-refractivity contribution < 1.29 is 209 Å². The molecule has 0 aromatic rings. The normalized spacial score (nSPS) is 20.5. The van der Waals surface area contributed by atoms with Gasteiger partial charge in [0, 0.05) is 18.4 Å². The summed E-state index contributed by atoms with van der Waals surface area (Å²) in [5.41, 5.74) is 0. The Labute approximate surface area is 477 Å². The third kappa shape index (κ3) is 49.8. The van der Waals surface area contributed by atoms with E-state index in [-0.39, 0.29) is 19.6 Å². The van der Waals surface area contributed by atoms with Crippen molar-refractivity contribution in [1.29, 1.82) is 0 Å². The molecule has 0 bridgehead atoms. The second-order valence-corrected chi connectivity index (χ2v) is 30.6. The van der Waals surface area contributed by atoms with Crippen molar-refractivity contribution in [2.45, 2.75) is 26.7 Å². The van der Waals surface area contributed by atoms with E-state index in [1.807, 2.05) is 0 Å². The average molecular weight is 1470 g/mol. The number of hydrogen-bond acceptors (Lipinski definition) is 33. The predicted molar refractivity (Wildman–Crippen MR) is 270 cm³/mol. The highest BCUT2D eigenvalue weighted by Crippen LogP contribution is 2.52. The van der Waals surface area contributed by atoms with Gasteiger partial charge in [-0.25, -0.2) is 50.2 Å². The van der Waals surface area contributed by atoms with Crippen LogP contribution in [0.15, 0.2) is 0 Å². The summed E-state index contributed by atoms with van der Waals surface area (Å²) in [6, 6.07) is 0. The lowest BCUT2D eigenvalue weighted by Gasteiger charge is -2.18. The van der Waals surface area contributed by atoms with Crippen molar-refractivity contribution in [1.82, 2.24) is 0 Å². The molecular formula is C28H69O45P11. The first-order valence-corrected chi connectivity index (χ1v) is 39.5. The zero-order chi connectivity index (χ0) is 64.5. The van der Waals surface area contributed by atoms with Gasteiger partial charge in [-0.3, -0.25) is 95.0 Å². The summed E-state index contributed by atoms with van der Waals surface area (Å²) >= 11 is 0. The van der Waals surface area contributed by atoms with E-state index in [1.54, 1.807) is 13.8 Å². The van der Waals surface area contributed by atoms with Gasteiger partial charge in [-0.15, -0.1) is 0 Å². The number of hydrogen-bond donors (Lipinski definition) is 13. The summed E-state index contributed by atoms with van der Waals surface area (Å²) in [5, 5.41) is 9.08.